The fourth-order valence-electron chi connectivity index (χ4n) is 1.86. The molecular weight excluding hydrogens is 240 g/mol. The molecule has 0 spiro atoms. The van der Waals surface area contributed by atoms with Crippen LogP contribution in [-0.2, 0) is 11.2 Å². The maximum Gasteiger partial charge on any atom is 0.226 e. The fraction of sp³-hybridized carbons (Fsp3) is 0.533. The predicted octanol–water partition coefficient (Wildman–Crippen LogP) is 1.68. The number of rotatable bonds is 7. The molecule has 0 heterocycles. The molecule has 106 valence electrons. The van der Waals surface area contributed by atoms with E-state index in [9.17, 15) is 4.79 Å². The molecule has 4 heteroatoms. The molecule has 0 aliphatic heterocycles. The van der Waals surface area contributed by atoms with Crippen molar-refractivity contribution in [1.29, 1.82) is 0 Å². The largest absolute Gasteiger partial charge is 0.494 e. The van der Waals surface area contributed by atoms with Crippen LogP contribution in [-0.4, -0.2) is 38.1 Å². The summed E-state index contributed by atoms with van der Waals surface area (Å²) in [4.78, 5) is 13.5. The standard InChI is InChI=1S/C15H24N2O2/c1-4-9-19-14-7-5-12(6-8-14)10-13(11-16)15(18)17(2)3/h5-8,13H,4,9-11,16H2,1-3H3. The van der Waals surface area contributed by atoms with Crippen LogP contribution >= 0.6 is 0 Å². The number of hydrogen-bond donors (Lipinski definition) is 1. The summed E-state index contributed by atoms with van der Waals surface area (Å²) in [5, 5.41) is 0. The van der Waals surface area contributed by atoms with E-state index >= 15 is 0 Å². The third kappa shape index (κ3) is 4.91. The molecule has 0 aromatic heterocycles. The monoisotopic (exact) mass is 264 g/mol. The van der Waals surface area contributed by atoms with Gasteiger partial charge < -0.3 is 15.4 Å². The Kier molecular flexibility index (Phi) is 6.36. The molecule has 1 aromatic carbocycles. The minimum Gasteiger partial charge on any atom is -0.494 e. The van der Waals surface area contributed by atoms with Gasteiger partial charge in [0.05, 0.1) is 12.5 Å². The first kappa shape index (κ1) is 15.5. The van der Waals surface area contributed by atoms with Crippen molar-refractivity contribution >= 4 is 5.91 Å². The second kappa shape index (κ2) is 7.79. The average Bonchev–Trinajstić information content (AvgIpc) is 2.43. The molecule has 1 rings (SSSR count). The Morgan fingerprint density at radius 3 is 2.42 bits per heavy atom. The summed E-state index contributed by atoms with van der Waals surface area (Å²) in [6.45, 7) is 3.17. The lowest BCUT2D eigenvalue weighted by Crippen LogP contribution is -2.35. The minimum atomic E-state index is -0.155. The summed E-state index contributed by atoms with van der Waals surface area (Å²) in [5.74, 6) is 0.792. The quantitative estimate of drug-likeness (QED) is 0.815. The first-order valence-corrected chi connectivity index (χ1v) is 6.71. The first-order chi connectivity index (χ1) is 9.08. The van der Waals surface area contributed by atoms with E-state index in [-0.39, 0.29) is 11.8 Å². The van der Waals surface area contributed by atoms with Gasteiger partial charge in [0.15, 0.2) is 0 Å². The number of hydrogen-bond acceptors (Lipinski definition) is 3. The smallest absolute Gasteiger partial charge is 0.226 e. The Hall–Kier alpha value is -1.55. The number of ether oxygens (including phenoxy) is 1. The summed E-state index contributed by atoms with van der Waals surface area (Å²) < 4.78 is 5.53. The van der Waals surface area contributed by atoms with E-state index in [1.54, 1.807) is 19.0 Å². The normalized spacial score (nSPS) is 12.0. The second-order valence-corrected chi connectivity index (χ2v) is 4.86. The predicted molar refractivity (Wildman–Crippen MR) is 77.2 cm³/mol. The van der Waals surface area contributed by atoms with Crippen LogP contribution in [0.4, 0.5) is 0 Å². The Morgan fingerprint density at radius 1 is 1.32 bits per heavy atom. The topological polar surface area (TPSA) is 55.6 Å². The van der Waals surface area contributed by atoms with E-state index < -0.39 is 0 Å². The molecule has 1 amide bonds. The van der Waals surface area contributed by atoms with Gasteiger partial charge in [0.2, 0.25) is 5.91 Å². The summed E-state index contributed by atoms with van der Waals surface area (Å²) in [6.07, 6.45) is 1.66. The zero-order valence-corrected chi connectivity index (χ0v) is 12.1. The van der Waals surface area contributed by atoms with E-state index in [1.165, 1.54) is 0 Å². The molecule has 0 aliphatic rings. The van der Waals surface area contributed by atoms with E-state index in [4.69, 9.17) is 10.5 Å². The molecule has 0 bridgehead atoms. The van der Waals surface area contributed by atoms with Gasteiger partial charge in [-0.05, 0) is 30.5 Å². The molecule has 4 nitrogen and oxygen atoms in total. The third-order valence-electron chi connectivity index (χ3n) is 2.95. The SMILES string of the molecule is CCCOc1ccc(CC(CN)C(=O)N(C)C)cc1. The number of amides is 1. The van der Waals surface area contributed by atoms with Gasteiger partial charge in [0.25, 0.3) is 0 Å². The molecule has 19 heavy (non-hydrogen) atoms. The summed E-state index contributed by atoms with van der Waals surface area (Å²) >= 11 is 0. The number of carbonyl (C=O) groups is 1. The van der Waals surface area contributed by atoms with Gasteiger partial charge in [-0.3, -0.25) is 4.79 Å². The third-order valence-corrected chi connectivity index (χ3v) is 2.95. The lowest BCUT2D eigenvalue weighted by atomic mass is 9.98. The van der Waals surface area contributed by atoms with E-state index in [2.05, 4.69) is 6.92 Å². The van der Waals surface area contributed by atoms with Crippen molar-refractivity contribution in [3.8, 4) is 5.75 Å². The van der Waals surface area contributed by atoms with Crippen LogP contribution in [0.15, 0.2) is 24.3 Å². The van der Waals surface area contributed by atoms with Crippen LogP contribution in [0.1, 0.15) is 18.9 Å². The summed E-state index contributed by atoms with van der Waals surface area (Å²) in [5.41, 5.74) is 6.79. The molecule has 1 aromatic rings. The van der Waals surface area contributed by atoms with Gasteiger partial charge in [-0.25, -0.2) is 0 Å². The molecule has 0 radical (unpaired) electrons. The van der Waals surface area contributed by atoms with Gasteiger partial charge in [-0.15, -0.1) is 0 Å². The summed E-state index contributed by atoms with van der Waals surface area (Å²) in [6, 6.07) is 7.88. The van der Waals surface area contributed by atoms with E-state index in [0.717, 1.165) is 24.3 Å². The van der Waals surface area contributed by atoms with Gasteiger partial charge >= 0.3 is 0 Å². The molecule has 1 atom stereocenters. The molecule has 0 aliphatic carbocycles. The Balaban J connectivity index is 2.63. The lowest BCUT2D eigenvalue weighted by Gasteiger charge is -2.19. The lowest BCUT2D eigenvalue weighted by molar-refractivity contribution is -0.132. The molecule has 0 saturated carbocycles. The van der Waals surface area contributed by atoms with E-state index in [1.807, 2.05) is 24.3 Å². The zero-order valence-electron chi connectivity index (χ0n) is 12.1. The van der Waals surface area contributed by atoms with Gasteiger partial charge in [-0.1, -0.05) is 19.1 Å². The number of benzene rings is 1. The fourth-order valence-corrected chi connectivity index (χ4v) is 1.86. The highest BCUT2D eigenvalue weighted by atomic mass is 16.5. The molecular formula is C15H24N2O2. The first-order valence-electron chi connectivity index (χ1n) is 6.71. The molecule has 1 unspecified atom stereocenters. The van der Waals surface area contributed by atoms with Crippen molar-refractivity contribution < 1.29 is 9.53 Å². The molecule has 0 saturated heterocycles. The van der Waals surface area contributed by atoms with Gasteiger partial charge in [0.1, 0.15) is 5.75 Å². The average molecular weight is 264 g/mol. The number of nitrogens with two attached hydrogens (primary N) is 1. The molecule has 0 fully saturated rings. The van der Waals surface area contributed by atoms with Crippen LogP contribution < -0.4 is 10.5 Å². The van der Waals surface area contributed by atoms with Crippen LogP contribution in [0.2, 0.25) is 0 Å². The highest BCUT2D eigenvalue weighted by Gasteiger charge is 2.18. The van der Waals surface area contributed by atoms with Crippen molar-refractivity contribution in [2.75, 3.05) is 27.2 Å². The van der Waals surface area contributed by atoms with Gasteiger partial charge in [-0.2, -0.15) is 0 Å². The van der Waals surface area contributed by atoms with E-state index in [0.29, 0.717) is 13.0 Å². The Morgan fingerprint density at radius 2 is 1.95 bits per heavy atom. The maximum absolute atomic E-state index is 11.9. The van der Waals surface area contributed by atoms with Crippen molar-refractivity contribution in [1.82, 2.24) is 4.90 Å². The van der Waals surface area contributed by atoms with Gasteiger partial charge in [0, 0.05) is 20.6 Å². The minimum absolute atomic E-state index is 0.0776. The molecule has 2 N–H and O–H groups in total. The van der Waals surface area contributed by atoms with Crippen molar-refractivity contribution in [2.24, 2.45) is 11.7 Å². The second-order valence-electron chi connectivity index (χ2n) is 4.86. The van der Waals surface area contributed by atoms with Crippen LogP contribution in [0.5, 0.6) is 5.75 Å². The zero-order chi connectivity index (χ0) is 14.3. The Bertz CT molecular complexity index is 388. The van der Waals surface area contributed by atoms with Crippen LogP contribution in [0.3, 0.4) is 0 Å². The highest BCUT2D eigenvalue weighted by molar-refractivity contribution is 5.78. The Labute approximate surface area is 115 Å². The number of nitrogens with zero attached hydrogens (tertiary/aromatic N) is 1. The summed E-state index contributed by atoms with van der Waals surface area (Å²) in [7, 11) is 3.51. The van der Waals surface area contributed by atoms with Crippen molar-refractivity contribution in [3.63, 3.8) is 0 Å². The van der Waals surface area contributed by atoms with Crippen LogP contribution in [0, 0.1) is 5.92 Å². The maximum atomic E-state index is 11.9. The number of carbonyl (C=O) groups excluding carboxylic acids is 1. The van der Waals surface area contributed by atoms with Crippen molar-refractivity contribution in [2.45, 2.75) is 19.8 Å². The van der Waals surface area contributed by atoms with Crippen LogP contribution in [0.25, 0.3) is 0 Å². The van der Waals surface area contributed by atoms with Crippen molar-refractivity contribution in [3.05, 3.63) is 29.8 Å². The highest BCUT2D eigenvalue weighted by Crippen LogP contribution is 2.16.